The number of nitrogens with one attached hydrogen (secondary N) is 1. The van der Waals surface area contributed by atoms with Gasteiger partial charge in [-0.2, -0.15) is 0 Å². The zero-order valence-corrected chi connectivity index (χ0v) is 13.8. The summed E-state index contributed by atoms with van der Waals surface area (Å²) in [4.78, 5) is 14.6. The van der Waals surface area contributed by atoms with Crippen molar-refractivity contribution in [2.24, 2.45) is 11.8 Å². The molecule has 1 aromatic carbocycles. The SMILES string of the molecule is CC(C)[C@@H]1CN(C(=O)[C@@H]2CCS(=O)(=O)C2)c2ccccc2N1. The monoisotopic (exact) mass is 322 g/mol. The first-order chi connectivity index (χ1) is 10.4. The molecule has 0 spiro atoms. The van der Waals surface area contributed by atoms with Gasteiger partial charge >= 0.3 is 0 Å². The molecule has 1 amide bonds. The number of carbonyl (C=O) groups excluding carboxylic acids is 1. The molecule has 1 aromatic rings. The third-order valence-electron chi connectivity index (χ3n) is 4.57. The Morgan fingerprint density at radius 2 is 2.05 bits per heavy atom. The molecule has 1 saturated heterocycles. The van der Waals surface area contributed by atoms with E-state index in [-0.39, 0.29) is 23.5 Å². The van der Waals surface area contributed by atoms with Gasteiger partial charge < -0.3 is 10.2 Å². The maximum absolute atomic E-state index is 12.9. The summed E-state index contributed by atoms with van der Waals surface area (Å²) in [6.07, 6.45) is 0.444. The lowest BCUT2D eigenvalue weighted by atomic mass is 9.98. The van der Waals surface area contributed by atoms with Gasteiger partial charge in [-0.15, -0.1) is 0 Å². The van der Waals surface area contributed by atoms with Crippen molar-refractivity contribution >= 4 is 27.1 Å². The van der Waals surface area contributed by atoms with Crippen LogP contribution in [0.2, 0.25) is 0 Å². The molecule has 2 atom stereocenters. The van der Waals surface area contributed by atoms with Crippen molar-refractivity contribution < 1.29 is 13.2 Å². The number of benzene rings is 1. The summed E-state index contributed by atoms with van der Waals surface area (Å²) < 4.78 is 23.3. The fourth-order valence-electron chi connectivity index (χ4n) is 3.17. The lowest BCUT2D eigenvalue weighted by molar-refractivity contribution is -0.121. The topological polar surface area (TPSA) is 66.5 Å². The molecule has 6 heteroatoms. The van der Waals surface area contributed by atoms with E-state index >= 15 is 0 Å². The maximum atomic E-state index is 12.9. The minimum absolute atomic E-state index is 0.00965. The van der Waals surface area contributed by atoms with Crippen molar-refractivity contribution in [1.82, 2.24) is 0 Å². The highest BCUT2D eigenvalue weighted by Gasteiger charge is 2.38. The number of anilines is 2. The fraction of sp³-hybridized carbons (Fsp3) is 0.562. The van der Waals surface area contributed by atoms with E-state index in [4.69, 9.17) is 0 Å². The van der Waals surface area contributed by atoms with Crippen LogP contribution >= 0.6 is 0 Å². The number of sulfone groups is 1. The normalized spacial score (nSPS) is 26.6. The molecule has 0 unspecified atom stereocenters. The molecule has 120 valence electrons. The number of hydrogen-bond donors (Lipinski definition) is 1. The van der Waals surface area contributed by atoms with Gasteiger partial charge in [0, 0.05) is 12.6 Å². The van der Waals surface area contributed by atoms with E-state index in [0.29, 0.717) is 18.9 Å². The Labute approximate surface area is 131 Å². The maximum Gasteiger partial charge on any atom is 0.231 e. The molecular weight excluding hydrogens is 300 g/mol. The van der Waals surface area contributed by atoms with E-state index in [1.165, 1.54) is 0 Å². The number of hydrogen-bond acceptors (Lipinski definition) is 4. The van der Waals surface area contributed by atoms with E-state index in [1.54, 1.807) is 4.90 Å². The zero-order chi connectivity index (χ0) is 15.9. The van der Waals surface area contributed by atoms with Crippen molar-refractivity contribution in [2.45, 2.75) is 26.3 Å². The molecule has 3 rings (SSSR count). The van der Waals surface area contributed by atoms with Gasteiger partial charge in [-0.1, -0.05) is 26.0 Å². The number of amides is 1. The van der Waals surface area contributed by atoms with Gasteiger partial charge in [0.2, 0.25) is 5.91 Å². The summed E-state index contributed by atoms with van der Waals surface area (Å²) in [6, 6.07) is 7.91. The molecule has 0 bridgehead atoms. The quantitative estimate of drug-likeness (QED) is 0.903. The molecule has 0 saturated carbocycles. The first-order valence-electron chi connectivity index (χ1n) is 7.75. The van der Waals surface area contributed by atoms with Crippen LogP contribution in [0.1, 0.15) is 20.3 Å². The van der Waals surface area contributed by atoms with E-state index in [9.17, 15) is 13.2 Å². The summed E-state index contributed by atoms with van der Waals surface area (Å²) in [7, 11) is -3.05. The van der Waals surface area contributed by atoms with Crippen LogP contribution in [0.3, 0.4) is 0 Å². The lowest BCUT2D eigenvalue weighted by Gasteiger charge is -2.38. The Balaban J connectivity index is 1.90. The Morgan fingerprint density at radius 3 is 2.68 bits per heavy atom. The number of nitrogens with zero attached hydrogens (tertiary/aromatic N) is 1. The standard InChI is InChI=1S/C16H22N2O3S/c1-11(2)14-9-18(15-6-4-3-5-13(15)17-14)16(19)12-7-8-22(20,21)10-12/h3-6,11-12,14,17H,7-10H2,1-2H3/t12-,14+/m1/s1. The highest BCUT2D eigenvalue weighted by atomic mass is 32.2. The van der Waals surface area contributed by atoms with Crippen LogP contribution in [-0.4, -0.2) is 38.4 Å². The van der Waals surface area contributed by atoms with E-state index < -0.39 is 15.8 Å². The average Bonchev–Trinajstić information content (AvgIpc) is 2.85. The Hall–Kier alpha value is -1.56. The van der Waals surface area contributed by atoms with Crippen LogP contribution < -0.4 is 10.2 Å². The smallest absolute Gasteiger partial charge is 0.231 e. The Bertz CT molecular complexity index is 684. The summed E-state index contributed by atoms with van der Waals surface area (Å²) in [5.41, 5.74) is 1.80. The molecule has 22 heavy (non-hydrogen) atoms. The predicted molar refractivity (Wildman–Crippen MR) is 87.8 cm³/mol. The molecule has 2 aliphatic rings. The lowest BCUT2D eigenvalue weighted by Crippen LogP contribution is -2.49. The predicted octanol–water partition coefficient (Wildman–Crippen LogP) is 1.90. The van der Waals surface area contributed by atoms with Crippen LogP contribution in [0.15, 0.2) is 24.3 Å². The van der Waals surface area contributed by atoms with Crippen LogP contribution in [0.5, 0.6) is 0 Å². The van der Waals surface area contributed by atoms with Crippen molar-refractivity contribution in [3.63, 3.8) is 0 Å². The highest BCUT2D eigenvalue weighted by molar-refractivity contribution is 7.91. The molecule has 1 fully saturated rings. The average molecular weight is 322 g/mol. The minimum atomic E-state index is -3.05. The summed E-state index contributed by atoms with van der Waals surface area (Å²) in [5.74, 6) is 0.0512. The number of fused-ring (bicyclic) bond motifs is 1. The molecule has 1 N–H and O–H groups in total. The van der Waals surface area contributed by atoms with Gasteiger partial charge in [-0.3, -0.25) is 4.79 Å². The molecule has 2 heterocycles. The second kappa shape index (κ2) is 5.57. The van der Waals surface area contributed by atoms with Gasteiger partial charge in [0.05, 0.1) is 28.8 Å². The van der Waals surface area contributed by atoms with Crippen molar-refractivity contribution in [1.29, 1.82) is 0 Å². The molecule has 0 aliphatic carbocycles. The van der Waals surface area contributed by atoms with Crippen molar-refractivity contribution in [3.05, 3.63) is 24.3 Å². The molecule has 0 aromatic heterocycles. The third-order valence-corrected chi connectivity index (χ3v) is 6.34. The first-order valence-corrected chi connectivity index (χ1v) is 9.57. The second-order valence-electron chi connectivity index (χ2n) is 6.56. The summed E-state index contributed by atoms with van der Waals surface area (Å²) in [6.45, 7) is 4.83. The van der Waals surface area contributed by atoms with Crippen LogP contribution in [0, 0.1) is 11.8 Å². The van der Waals surface area contributed by atoms with E-state index in [1.807, 2.05) is 24.3 Å². The summed E-state index contributed by atoms with van der Waals surface area (Å²) >= 11 is 0. The van der Waals surface area contributed by atoms with Gasteiger partial charge in [0.25, 0.3) is 0 Å². The largest absolute Gasteiger partial charge is 0.379 e. The van der Waals surface area contributed by atoms with Crippen LogP contribution in [0.25, 0.3) is 0 Å². The first kappa shape index (κ1) is 15.3. The van der Waals surface area contributed by atoms with Gasteiger partial charge in [0.1, 0.15) is 0 Å². The van der Waals surface area contributed by atoms with Crippen LogP contribution in [-0.2, 0) is 14.6 Å². The fourth-order valence-corrected chi connectivity index (χ4v) is 4.90. The zero-order valence-electron chi connectivity index (χ0n) is 13.0. The molecule has 0 radical (unpaired) electrons. The van der Waals surface area contributed by atoms with Gasteiger partial charge in [0.15, 0.2) is 9.84 Å². The Kier molecular flexibility index (Phi) is 3.89. The van der Waals surface area contributed by atoms with Crippen molar-refractivity contribution in [2.75, 3.05) is 28.3 Å². The molecule has 5 nitrogen and oxygen atoms in total. The van der Waals surface area contributed by atoms with Crippen LogP contribution in [0.4, 0.5) is 11.4 Å². The molecular formula is C16H22N2O3S. The van der Waals surface area contributed by atoms with Gasteiger partial charge in [-0.05, 0) is 24.5 Å². The van der Waals surface area contributed by atoms with E-state index in [0.717, 1.165) is 11.4 Å². The van der Waals surface area contributed by atoms with Crippen molar-refractivity contribution in [3.8, 4) is 0 Å². The minimum Gasteiger partial charge on any atom is -0.379 e. The highest BCUT2D eigenvalue weighted by Crippen LogP contribution is 2.34. The van der Waals surface area contributed by atoms with Gasteiger partial charge in [-0.25, -0.2) is 8.42 Å². The number of carbonyl (C=O) groups is 1. The third kappa shape index (κ3) is 2.84. The summed E-state index contributed by atoms with van der Waals surface area (Å²) in [5, 5.41) is 3.48. The number of rotatable bonds is 2. The number of para-hydroxylation sites is 2. The second-order valence-corrected chi connectivity index (χ2v) is 8.79. The molecule has 2 aliphatic heterocycles. The Morgan fingerprint density at radius 1 is 1.32 bits per heavy atom. The van der Waals surface area contributed by atoms with E-state index in [2.05, 4.69) is 19.2 Å².